The molecule has 1 N–H and O–H groups in total. The number of aromatic nitrogens is 1. The molecule has 1 amide bonds. The van der Waals surface area contributed by atoms with Crippen LogP contribution in [0.3, 0.4) is 0 Å². The molecule has 0 aliphatic carbocycles. The predicted molar refractivity (Wildman–Crippen MR) is 103 cm³/mol. The number of alkyl halides is 3. The van der Waals surface area contributed by atoms with E-state index in [1.54, 1.807) is 0 Å². The maximum absolute atomic E-state index is 13.0. The molecule has 0 atom stereocenters. The van der Waals surface area contributed by atoms with E-state index < -0.39 is 34.5 Å². The molecule has 1 heterocycles. The van der Waals surface area contributed by atoms with Crippen molar-refractivity contribution in [2.45, 2.75) is 30.5 Å². The van der Waals surface area contributed by atoms with E-state index in [1.165, 1.54) is 25.4 Å². The molecule has 170 valence electrons. The molecule has 1 aromatic heterocycles. The van der Waals surface area contributed by atoms with Gasteiger partial charge in [-0.25, -0.2) is 22.1 Å². The Hall–Kier alpha value is -2.73. The summed E-state index contributed by atoms with van der Waals surface area (Å²) in [5.41, 5.74) is 0.274. The summed E-state index contributed by atoms with van der Waals surface area (Å²) in [6, 6.07) is 7.36. The lowest BCUT2D eigenvalue weighted by Crippen LogP contribution is -2.29. The Morgan fingerprint density at radius 2 is 1.87 bits per heavy atom. The van der Waals surface area contributed by atoms with E-state index in [0.29, 0.717) is 0 Å². The van der Waals surface area contributed by atoms with Crippen LogP contribution in [0.4, 0.5) is 17.6 Å². The van der Waals surface area contributed by atoms with Gasteiger partial charge in [0.1, 0.15) is 5.82 Å². The molecule has 0 radical (unpaired) electrons. The normalized spacial score (nSPS) is 12.1. The van der Waals surface area contributed by atoms with Gasteiger partial charge in [0.2, 0.25) is 21.8 Å². The van der Waals surface area contributed by atoms with Crippen LogP contribution in [0.2, 0.25) is 0 Å². The summed E-state index contributed by atoms with van der Waals surface area (Å²) in [6.07, 6.45) is -3.05. The third kappa shape index (κ3) is 7.79. The summed E-state index contributed by atoms with van der Waals surface area (Å²) in [6.45, 7) is -1.55. The van der Waals surface area contributed by atoms with Crippen LogP contribution in [0.5, 0.6) is 5.88 Å². The molecule has 0 spiro atoms. The van der Waals surface area contributed by atoms with E-state index in [0.717, 1.165) is 28.6 Å². The van der Waals surface area contributed by atoms with E-state index >= 15 is 0 Å². The molecule has 0 fully saturated rings. The fraction of sp³-hybridized carbons (Fsp3) is 0.368. The van der Waals surface area contributed by atoms with Crippen molar-refractivity contribution in [3.05, 3.63) is 54.0 Å². The molecular formula is C19H21F4N3O4S. The van der Waals surface area contributed by atoms with Crippen LogP contribution in [0.1, 0.15) is 18.4 Å². The zero-order valence-corrected chi connectivity index (χ0v) is 17.3. The number of hydrogen-bond donors (Lipinski definition) is 1. The Labute approximate surface area is 177 Å². The first-order valence-electron chi connectivity index (χ1n) is 9.11. The highest BCUT2D eigenvalue weighted by molar-refractivity contribution is 7.89. The van der Waals surface area contributed by atoms with Crippen molar-refractivity contribution < 1.29 is 35.5 Å². The number of benzene rings is 1. The Balaban J connectivity index is 1.82. The fourth-order valence-corrected chi connectivity index (χ4v) is 3.70. The molecule has 0 saturated heterocycles. The topological polar surface area (TPSA) is 88.6 Å². The van der Waals surface area contributed by atoms with E-state index in [1.807, 2.05) is 0 Å². The minimum absolute atomic E-state index is 0.0116. The number of nitrogens with zero attached hydrogens (tertiary/aromatic N) is 2. The Kier molecular flexibility index (Phi) is 8.34. The Morgan fingerprint density at radius 3 is 2.52 bits per heavy atom. The molecule has 1 aromatic carbocycles. The average Bonchev–Trinajstić information content (AvgIpc) is 2.71. The molecule has 0 saturated carbocycles. The highest BCUT2D eigenvalue weighted by atomic mass is 32.2. The molecule has 0 aliphatic rings. The van der Waals surface area contributed by atoms with E-state index in [-0.39, 0.29) is 42.3 Å². The molecule has 7 nitrogen and oxygen atoms in total. The molecule has 0 unspecified atom stereocenters. The molecule has 31 heavy (non-hydrogen) atoms. The molecular weight excluding hydrogens is 442 g/mol. The number of amides is 1. The van der Waals surface area contributed by atoms with Gasteiger partial charge < -0.3 is 10.1 Å². The van der Waals surface area contributed by atoms with Crippen LogP contribution in [-0.2, 0) is 21.4 Å². The van der Waals surface area contributed by atoms with Gasteiger partial charge in [0.25, 0.3) is 0 Å². The van der Waals surface area contributed by atoms with Gasteiger partial charge in [-0.15, -0.1) is 0 Å². The predicted octanol–water partition coefficient (Wildman–Crippen LogP) is 2.88. The Bertz CT molecular complexity index is 982. The van der Waals surface area contributed by atoms with Crippen molar-refractivity contribution in [2.75, 3.05) is 20.2 Å². The second-order valence-electron chi connectivity index (χ2n) is 6.53. The molecule has 0 bridgehead atoms. The number of rotatable bonds is 10. The largest absolute Gasteiger partial charge is 0.468 e. The van der Waals surface area contributed by atoms with Crippen LogP contribution in [0.25, 0.3) is 0 Å². The first-order valence-corrected chi connectivity index (χ1v) is 10.5. The summed E-state index contributed by atoms with van der Waals surface area (Å²) in [4.78, 5) is 15.7. The molecule has 0 aliphatic heterocycles. The number of ether oxygens (including phenoxy) is 1. The SMILES string of the molecule is CN(CCCC(=O)NCc1cccnc1OCC(F)(F)F)S(=O)(=O)c1ccc(F)cc1. The van der Waals surface area contributed by atoms with Crippen molar-refractivity contribution in [3.63, 3.8) is 0 Å². The number of pyridine rings is 1. The zero-order valence-electron chi connectivity index (χ0n) is 16.5. The number of carbonyl (C=O) groups excluding carboxylic acids is 1. The number of sulfonamides is 1. The lowest BCUT2D eigenvalue weighted by Gasteiger charge is -2.17. The molecule has 2 rings (SSSR count). The van der Waals surface area contributed by atoms with Gasteiger partial charge in [0.15, 0.2) is 6.61 Å². The monoisotopic (exact) mass is 463 g/mol. The Morgan fingerprint density at radius 1 is 1.19 bits per heavy atom. The second-order valence-corrected chi connectivity index (χ2v) is 8.58. The number of nitrogens with one attached hydrogen (secondary N) is 1. The van der Waals surface area contributed by atoms with Gasteiger partial charge in [0, 0.05) is 38.3 Å². The molecule has 12 heteroatoms. The van der Waals surface area contributed by atoms with E-state index in [2.05, 4.69) is 15.0 Å². The van der Waals surface area contributed by atoms with Gasteiger partial charge in [-0.2, -0.15) is 13.2 Å². The third-order valence-electron chi connectivity index (χ3n) is 4.10. The minimum Gasteiger partial charge on any atom is -0.468 e. The highest BCUT2D eigenvalue weighted by Gasteiger charge is 2.29. The van der Waals surface area contributed by atoms with E-state index in [4.69, 9.17) is 0 Å². The maximum atomic E-state index is 13.0. The standard InChI is InChI=1S/C19H21F4N3O4S/c1-26(31(28,29)16-8-6-15(20)7-9-16)11-3-5-17(27)25-12-14-4-2-10-24-18(14)30-13-19(21,22)23/h2,4,6-10H,3,5,11-13H2,1H3,(H,25,27). The summed E-state index contributed by atoms with van der Waals surface area (Å²) in [5.74, 6) is -1.21. The zero-order chi connectivity index (χ0) is 23.1. The third-order valence-corrected chi connectivity index (χ3v) is 5.97. The average molecular weight is 463 g/mol. The first-order chi connectivity index (χ1) is 14.5. The van der Waals surface area contributed by atoms with Gasteiger partial charge in [0.05, 0.1) is 4.90 Å². The van der Waals surface area contributed by atoms with Crippen LogP contribution in [0.15, 0.2) is 47.5 Å². The number of halogens is 4. The number of carbonyl (C=O) groups is 1. The van der Waals surface area contributed by atoms with Gasteiger partial charge in [-0.1, -0.05) is 6.07 Å². The van der Waals surface area contributed by atoms with Crippen LogP contribution in [0, 0.1) is 5.82 Å². The summed E-state index contributed by atoms with van der Waals surface area (Å²) < 4.78 is 80.4. The van der Waals surface area contributed by atoms with Crippen LogP contribution >= 0.6 is 0 Å². The summed E-state index contributed by atoms with van der Waals surface area (Å²) in [5, 5.41) is 2.54. The maximum Gasteiger partial charge on any atom is 0.422 e. The van der Waals surface area contributed by atoms with Crippen LogP contribution < -0.4 is 10.1 Å². The van der Waals surface area contributed by atoms with Crippen molar-refractivity contribution >= 4 is 15.9 Å². The summed E-state index contributed by atoms with van der Waals surface area (Å²) in [7, 11) is -2.47. The van der Waals surface area contributed by atoms with Crippen molar-refractivity contribution in [1.82, 2.24) is 14.6 Å². The number of hydrogen-bond acceptors (Lipinski definition) is 5. The van der Waals surface area contributed by atoms with Crippen molar-refractivity contribution in [2.24, 2.45) is 0 Å². The smallest absolute Gasteiger partial charge is 0.422 e. The fourth-order valence-electron chi connectivity index (χ4n) is 2.49. The van der Waals surface area contributed by atoms with Crippen molar-refractivity contribution in [3.8, 4) is 5.88 Å². The lowest BCUT2D eigenvalue weighted by molar-refractivity contribution is -0.154. The first kappa shape index (κ1) is 24.5. The van der Waals surface area contributed by atoms with Crippen molar-refractivity contribution in [1.29, 1.82) is 0 Å². The van der Waals surface area contributed by atoms with Gasteiger partial charge in [-0.3, -0.25) is 4.79 Å². The van der Waals surface area contributed by atoms with Gasteiger partial charge in [-0.05, 0) is 36.8 Å². The quantitative estimate of drug-likeness (QED) is 0.548. The van der Waals surface area contributed by atoms with Crippen LogP contribution in [-0.4, -0.2) is 50.0 Å². The highest BCUT2D eigenvalue weighted by Crippen LogP contribution is 2.20. The lowest BCUT2D eigenvalue weighted by atomic mass is 10.2. The van der Waals surface area contributed by atoms with E-state index in [9.17, 15) is 30.8 Å². The minimum atomic E-state index is -4.52. The molecule has 2 aromatic rings. The summed E-state index contributed by atoms with van der Waals surface area (Å²) >= 11 is 0. The van der Waals surface area contributed by atoms with Gasteiger partial charge >= 0.3 is 6.18 Å². The second kappa shape index (κ2) is 10.5.